The van der Waals surface area contributed by atoms with Crippen LogP contribution in [0.1, 0.15) is 18.9 Å². The van der Waals surface area contributed by atoms with Crippen molar-refractivity contribution in [3.63, 3.8) is 0 Å². The molecule has 1 aromatic carbocycles. The van der Waals surface area contributed by atoms with E-state index >= 15 is 0 Å². The topological polar surface area (TPSA) is 17.0 Å². The van der Waals surface area contributed by atoms with Gasteiger partial charge in [-0.1, -0.05) is 50.6 Å². The van der Waals surface area contributed by atoms with Crippen molar-refractivity contribution in [2.75, 3.05) is 0 Å². The molecule has 1 fully saturated rings. The van der Waals surface area contributed by atoms with Gasteiger partial charge in [0, 0.05) is 32.9 Å². The normalized spacial score (nSPS) is 19.7. The molecule has 1 N–H and O–H groups in total. The molecule has 0 radical (unpaired) electrons. The molecule has 1 saturated heterocycles. The first-order chi connectivity index (χ1) is 9.09. The zero-order valence-electron chi connectivity index (χ0n) is 11.1. The molecule has 19 heavy (non-hydrogen) atoms. The third kappa shape index (κ3) is 1.72. The highest BCUT2D eigenvalue weighted by atomic mass is 15.1. The lowest BCUT2D eigenvalue weighted by Gasteiger charge is -2.29. The number of nitrogens with zero attached hydrogens (tertiary/aromatic N) is 1. The van der Waals surface area contributed by atoms with E-state index in [1.807, 2.05) is 12.1 Å². The summed E-state index contributed by atoms with van der Waals surface area (Å²) in [6.45, 7) is 16.6. The van der Waals surface area contributed by atoms with Gasteiger partial charge in [-0.15, -0.1) is 0 Å². The first-order valence-electron chi connectivity index (χ1n) is 6.50. The summed E-state index contributed by atoms with van der Waals surface area (Å²) in [5.74, 6) is 0. The van der Waals surface area contributed by atoms with Crippen LogP contribution in [0.3, 0.4) is 0 Å². The molecule has 0 saturated carbocycles. The van der Waals surface area contributed by atoms with E-state index in [9.17, 15) is 0 Å². The van der Waals surface area contributed by atoms with Crippen LogP contribution in [0, 0.1) is 0 Å². The number of hydrogen-bond donors (Lipinski definition) is 1. The third-order valence-electron chi connectivity index (χ3n) is 3.90. The summed E-state index contributed by atoms with van der Waals surface area (Å²) >= 11 is 0. The highest BCUT2D eigenvalue weighted by Crippen LogP contribution is 2.26. The molecule has 2 nitrogen and oxygen atoms in total. The van der Waals surface area contributed by atoms with Gasteiger partial charge in [-0.3, -0.25) is 0 Å². The van der Waals surface area contributed by atoms with E-state index in [2.05, 4.69) is 48.3 Å². The monoisotopic (exact) mass is 250 g/mol. The minimum atomic E-state index is 0.206. The van der Waals surface area contributed by atoms with Gasteiger partial charge in [0.25, 0.3) is 0 Å². The van der Waals surface area contributed by atoms with Crippen molar-refractivity contribution in [2.45, 2.75) is 18.9 Å². The molecule has 3 rings (SSSR count). The minimum Gasteiger partial charge on any atom is -0.362 e. The molecule has 1 aromatic heterocycles. The van der Waals surface area contributed by atoms with Gasteiger partial charge in [0.2, 0.25) is 0 Å². The number of piperidine rings is 1. The van der Waals surface area contributed by atoms with E-state index in [0.29, 0.717) is 0 Å². The second-order valence-electron chi connectivity index (χ2n) is 5.12. The first-order valence-corrected chi connectivity index (χ1v) is 6.50. The van der Waals surface area contributed by atoms with Gasteiger partial charge in [-0.05, 0) is 12.8 Å². The molecular formula is C17H18N2. The predicted octanol–water partition coefficient (Wildman–Crippen LogP) is 2.41. The second kappa shape index (κ2) is 4.16. The van der Waals surface area contributed by atoms with E-state index in [1.165, 1.54) is 10.8 Å². The highest BCUT2D eigenvalue weighted by molar-refractivity contribution is 5.83. The largest absolute Gasteiger partial charge is 0.362 e. The summed E-state index contributed by atoms with van der Waals surface area (Å²) in [6.07, 6.45) is 1.95. The number of allylic oxidation sites excluding steroid dienone is 2. The summed E-state index contributed by atoms with van der Waals surface area (Å²) in [5.41, 5.74) is 2.01. The number of fused-ring (bicyclic) bond motifs is 1. The summed E-state index contributed by atoms with van der Waals surface area (Å²) in [7, 11) is 0. The lowest BCUT2D eigenvalue weighted by atomic mass is 10.0. The zero-order chi connectivity index (χ0) is 13.6. The molecule has 2 heterocycles. The van der Waals surface area contributed by atoms with Gasteiger partial charge < -0.3 is 9.88 Å². The Morgan fingerprint density at radius 1 is 1.00 bits per heavy atom. The molecule has 1 unspecified atom stereocenters. The zero-order valence-corrected chi connectivity index (χ0v) is 11.1. The van der Waals surface area contributed by atoms with Crippen LogP contribution in [0.25, 0.3) is 23.9 Å². The maximum absolute atomic E-state index is 4.23. The van der Waals surface area contributed by atoms with E-state index in [-0.39, 0.29) is 6.04 Å². The summed E-state index contributed by atoms with van der Waals surface area (Å²) < 4.78 is 2.20. The van der Waals surface area contributed by atoms with Crippen molar-refractivity contribution >= 4 is 23.9 Å². The SMILES string of the molecule is C=C1CCC(n2c(=C)c3ccccc3c2=C)C(=C)N1. The van der Waals surface area contributed by atoms with Crippen LogP contribution < -0.4 is 16.0 Å². The number of benzene rings is 1. The number of hydrogen-bond acceptors (Lipinski definition) is 1. The summed E-state index contributed by atoms with van der Waals surface area (Å²) in [6, 6.07) is 8.48. The number of nitrogens with one attached hydrogen (secondary N) is 1. The quantitative estimate of drug-likeness (QED) is 0.822. The molecule has 0 spiro atoms. The van der Waals surface area contributed by atoms with Gasteiger partial charge >= 0.3 is 0 Å². The molecule has 1 atom stereocenters. The van der Waals surface area contributed by atoms with Crippen molar-refractivity contribution in [1.82, 2.24) is 9.88 Å². The number of aromatic nitrogens is 1. The Hall–Kier alpha value is -2.22. The Morgan fingerprint density at radius 2 is 1.58 bits per heavy atom. The fourth-order valence-corrected chi connectivity index (χ4v) is 2.93. The van der Waals surface area contributed by atoms with E-state index < -0.39 is 0 Å². The number of rotatable bonds is 1. The van der Waals surface area contributed by atoms with Gasteiger partial charge in [0.1, 0.15) is 0 Å². The molecule has 1 aliphatic heterocycles. The fraction of sp³-hybridized carbons (Fsp3) is 0.176. The minimum absolute atomic E-state index is 0.206. The third-order valence-corrected chi connectivity index (χ3v) is 3.90. The molecule has 2 aromatic rings. The fourth-order valence-electron chi connectivity index (χ4n) is 2.93. The van der Waals surface area contributed by atoms with E-state index in [0.717, 1.165) is 34.9 Å². The maximum atomic E-state index is 4.23. The molecular weight excluding hydrogens is 232 g/mol. The maximum Gasteiger partial charge on any atom is 0.0738 e. The molecule has 1 aliphatic rings. The smallest absolute Gasteiger partial charge is 0.0738 e. The van der Waals surface area contributed by atoms with Crippen LogP contribution >= 0.6 is 0 Å². The van der Waals surface area contributed by atoms with E-state index in [1.54, 1.807) is 0 Å². The lowest BCUT2D eigenvalue weighted by Crippen LogP contribution is -2.36. The van der Waals surface area contributed by atoms with Gasteiger partial charge in [0.05, 0.1) is 6.04 Å². The van der Waals surface area contributed by atoms with E-state index in [4.69, 9.17) is 0 Å². The van der Waals surface area contributed by atoms with Gasteiger partial charge in [0.15, 0.2) is 0 Å². The van der Waals surface area contributed by atoms with Gasteiger partial charge in [-0.25, -0.2) is 0 Å². The van der Waals surface area contributed by atoms with Crippen LogP contribution in [0.15, 0.2) is 48.8 Å². The van der Waals surface area contributed by atoms with Crippen LogP contribution in [-0.2, 0) is 0 Å². The Labute approximate surface area is 113 Å². The Kier molecular flexibility index (Phi) is 2.59. The Bertz CT molecular complexity index is 732. The standard InChI is InChI=1S/C17H18N2/c1-11-9-10-17(12(2)18-11)19-13(3)15-7-5-6-8-16(15)14(19)4/h5-8,17-18H,1-4,9-10H2. The first kappa shape index (κ1) is 11.8. The van der Waals surface area contributed by atoms with Crippen molar-refractivity contribution in [3.8, 4) is 0 Å². The molecule has 2 heteroatoms. The van der Waals surface area contributed by atoms with Crippen LogP contribution in [0.2, 0.25) is 0 Å². The highest BCUT2D eigenvalue weighted by Gasteiger charge is 2.22. The second-order valence-corrected chi connectivity index (χ2v) is 5.12. The average molecular weight is 250 g/mol. The van der Waals surface area contributed by atoms with Crippen molar-refractivity contribution in [3.05, 3.63) is 59.5 Å². The van der Waals surface area contributed by atoms with Crippen LogP contribution in [0.4, 0.5) is 0 Å². The molecule has 0 aliphatic carbocycles. The van der Waals surface area contributed by atoms with Gasteiger partial charge in [-0.2, -0.15) is 0 Å². The Balaban J connectivity index is 2.21. The molecule has 0 amide bonds. The van der Waals surface area contributed by atoms with Crippen molar-refractivity contribution < 1.29 is 0 Å². The van der Waals surface area contributed by atoms with Crippen molar-refractivity contribution in [1.29, 1.82) is 0 Å². The lowest BCUT2D eigenvalue weighted by molar-refractivity contribution is 0.458. The molecule has 0 bridgehead atoms. The Morgan fingerprint density at radius 3 is 2.11 bits per heavy atom. The summed E-state index contributed by atoms with van der Waals surface area (Å²) in [5, 5.41) is 7.63. The molecule has 96 valence electrons. The average Bonchev–Trinajstić information content (AvgIpc) is 2.64. The van der Waals surface area contributed by atoms with Crippen molar-refractivity contribution in [2.24, 2.45) is 0 Å². The predicted molar refractivity (Wildman–Crippen MR) is 81.9 cm³/mol. The van der Waals surface area contributed by atoms with Crippen LogP contribution in [0.5, 0.6) is 0 Å². The summed E-state index contributed by atoms with van der Waals surface area (Å²) in [4.78, 5) is 0. The van der Waals surface area contributed by atoms with Crippen LogP contribution in [-0.4, -0.2) is 4.57 Å².